The van der Waals surface area contributed by atoms with Gasteiger partial charge in [-0.3, -0.25) is 0 Å². The molecule has 0 saturated heterocycles. The minimum Gasteiger partial charge on any atom is -0.322 e. The molecule has 0 unspecified atom stereocenters. The Morgan fingerprint density at radius 1 is 1.80 bits per heavy atom. The first kappa shape index (κ1) is 4.99. The Bertz CT molecular complexity index is 33.9. The monoisotopic (exact) mass is 92.0 g/mol. The minimum absolute atomic E-state index is 1.47. The molecular weight excluding hydrogens is 85.5 g/mol. The number of halogens is 1. The van der Waals surface area contributed by atoms with E-state index in [1.165, 1.54) is 5.54 Å². The van der Waals surface area contributed by atoms with Crippen molar-refractivity contribution < 1.29 is 5.32 Å². The summed E-state index contributed by atoms with van der Waals surface area (Å²) >= 11 is 5.09. The Kier molecular flexibility index (Phi) is 3.98. The van der Waals surface area contributed by atoms with E-state index >= 15 is 0 Å². The van der Waals surface area contributed by atoms with Gasteiger partial charge in [0.25, 0.3) is 0 Å². The highest BCUT2D eigenvalue weighted by Gasteiger charge is 1.54. The van der Waals surface area contributed by atoms with Gasteiger partial charge in [0.05, 0.1) is 12.6 Å². The van der Waals surface area contributed by atoms with E-state index in [-0.39, 0.29) is 0 Å². The van der Waals surface area contributed by atoms with E-state index < -0.39 is 0 Å². The van der Waals surface area contributed by atoms with Crippen molar-refractivity contribution in [2.24, 2.45) is 0 Å². The first-order valence-corrected chi connectivity index (χ1v) is 1.90. The summed E-state index contributed by atoms with van der Waals surface area (Å²) in [5, 5.41) is 1.87. The molecule has 30 valence electrons. The fourth-order valence-electron chi connectivity index (χ4n) is 0.0727. The molecule has 0 aliphatic heterocycles. The van der Waals surface area contributed by atoms with E-state index in [4.69, 9.17) is 11.6 Å². The molecule has 0 amide bonds. The van der Waals surface area contributed by atoms with Crippen LogP contribution in [0.4, 0.5) is 0 Å². The summed E-state index contributed by atoms with van der Waals surface area (Å²) in [6.45, 7) is 0. The van der Waals surface area contributed by atoms with E-state index in [0.717, 1.165) is 0 Å². The van der Waals surface area contributed by atoms with Gasteiger partial charge >= 0.3 is 0 Å². The summed E-state index contributed by atoms with van der Waals surface area (Å²) in [6, 6.07) is 0. The van der Waals surface area contributed by atoms with Crippen LogP contribution in [0.5, 0.6) is 0 Å². The van der Waals surface area contributed by atoms with E-state index in [1.807, 2.05) is 12.4 Å². The zero-order chi connectivity index (χ0) is 4.12. The maximum Gasteiger partial charge on any atom is 0.104 e. The topological polar surface area (TPSA) is 16.6 Å². The van der Waals surface area contributed by atoms with Gasteiger partial charge in [0.2, 0.25) is 0 Å². The average molecular weight is 92.5 g/mol. The van der Waals surface area contributed by atoms with Crippen LogP contribution in [0.2, 0.25) is 0 Å². The van der Waals surface area contributed by atoms with Crippen LogP contribution in [-0.2, 0) is 0 Å². The van der Waals surface area contributed by atoms with Crippen molar-refractivity contribution in [2.45, 2.75) is 0 Å². The highest BCUT2D eigenvalue weighted by molar-refractivity contribution is 6.25. The second-order valence-corrected chi connectivity index (χ2v) is 0.904. The third-order valence-corrected chi connectivity index (χ3v) is 0.411. The van der Waals surface area contributed by atoms with Crippen molar-refractivity contribution in [3.8, 4) is 0 Å². The van der Waals surface area contributed by atoms with Gasteiger partial charge in [-0.15, -0.1) is 0 Å². The molecule has 0 aromatic carbocycles. The van der Waals surface area contributed by atoms with E-state index in [9.17, 15) is 0 Å². The predicted octanol–water partition coefficient (Wildman–Crippen LogP) is -0.110. The molecule has 0 aromatic rings. The summed E-state index contributed by atoms with van der Waals surface area (Å²) in [5.41, 5.74) is 1.47. The molecule has 0 spiro atoms. The zero-order valence-corrected chi connectivity index (χ0v) is 3.87. The third kappa shape index (κ3) is 3.99. The quantitative estimate of drug-likeness (QED) is 0.465. The maximum atomic E-state index is 5.09. The molecule has 0 aliphatic rings. The van der Waals surface area contributed by atoms with Gasteiger partial charge in [-0.25, -0.2) is 0 Å². The summed E-state index contributed by atoms with van der Waals surface area (Å²) in [6.07, 6.45) is 1.77. The van der Waals surface area contributed by atoms with Gasteiger partial charge in [-0.1, -0.05) is 11.6 Å². The van der Waals surface area contributed by atoms with Crippen molar-refractivity contribution in [2.75, 3.05) is 7.05 Å². The average Bonchev–Trinajstić information content (AvgIpc) is 1.41. The number of nitrogens with two attached hydrogens (primary N) is 1. The molecule has 0 bridgehead atoms. The fraction of sp³-hybridized carbons (Fsp3) is 0.333. The molecule has 0 radical (unpaired) electrons. The normalized spacial score (nSPS) is 10.0. The second kappa shape index (κ2) is 3.99. The molecule has 0 aromatic heterocycles. The lowest BCUT2D eigenvalue weighted by Crippen LogP contribution is -2.72. The Labute approximate surface area is 36.6 Å². The summed E-state index contributed by atoms with van der Waals surface area (Å²) in [7, 11) is 1.92. The maximum absolute atomic E-state index is 5.09. The second-order valence-electron chi connectivity index (χ2n) is 0.652. The molecule has 0 saturated carbocycles. The zero-order valence-electron chi connectivity index (χ0n) is 3.11. The first-order valence-electron chi connectivity index (χ1n) is 1.46. The van der Waals surface area contributed by atoms with Gasteiger partial charge < -0.3 is 5.32 Å². The lowest BCUT2D eigenvalue weighted by molar-refractivity contribution is -0.556. The molecule has 0 aliphatic carbocycles. The Hall–Kier alpha value is -0.0100. The highest BCUT2D eigenvalue weighted by Crippen LogP contribution is 1.64. The van der Waals surface area contributed by atoms with Crippen molar-refractivity contribution >= 4 is 11.6 Å². The van der Waals surface area contributed by atoms with E-state index in [0.29, 0.717) is 0 Å². The molecular formula is C3H7ClN+. The lowest BCUT2D eigenvalue weighted by Gasteiger charge is -1.66. The largest absolute Gasteiger partial charge is 0.322 e. The SMILES string of the molecule is C[NH2+]C=CCl. The minimum atomic E-state index is 1.47. The fourth-order valence-corrected chi connectivity index (χ4v) is 0.218. The molecule has 5 heavy (non-hydrogen) atoms. The van der Waals surface area contributed by atoms with Crippen LogP contribution >= 0.6 is 11.6 Å². The van der Waals surface area contributed by atoms with Crippen LogP contribution in [0.1, 0.15) is 0 Å². The third-order valence-electron chi connectivity index (χ3n) is 0.265. The number of hydrogen-bond acceptors (Lipinski definition) is 0. The van der Waals surface area contributed by atoms with Crippen LogP contribution < -0.4 is 5.32 Å². The standard InChI is InChI=1S/C3H6ClN/c1-5-3-2-4/h2-3,5H,1H3/p+1. The van der Waals surface area contributed by atoms with Gasteiger partial charge in [-0.2, -0.15) is 0 Å². The summed E-state index contributed by atoms with van der Waals surface area (Å²) in [4.78, 5) is 0. The van der Waals surface area contributed by atoms with Gasteiger partial charge in [0.1, 0.15) is 6.20 Å². The van der Waals surface area contributed by atoms with Gasteiger partial charge in [-0.05, 0) is 0 Å². The van der Waals surface area contributed by atoms with Crippen LogP contribution in [0.25, 0.3) is 0 Å². The Morgan fingerprint density at radius 2 is 2.40 bits per heavy atom. The molecule has 0 heterocycles. The molecule has 0 atom stereocenters. The smallest absolute Gasteiger partial charge is 0.104 e. The number of hydrogen-bond donors (Lipinski definition) is 1. The molecule has 2 N–H and O–H groups in total. The van der Waals surface area contributed by atoms with Crippen LogP contribution in [0.15, 0.2) is 11.7 Å². The molecule has 1 nitrogen and oxygen atoms in total. The Morgan fingerprint density at radius 3 is 2.40 bits per heavy atom. The van der Waals surface area contributed by atoms with Gasteiger partial charge in [0.15, 0.2) is 0 Å². The summed E-state index contributed by atoms with van der Waals surface area (Å²) < 4.78 is 0. The van der Waals surface area contributed by atoms with Crippen LogP contribution in [-0.4, -0.2) is 7.05 Å². The molecule has 2 heteroatoms. The van der Waals surface area contributed by atoms with Crippen LogP contribution in [0.3, 0.4) is 0 Å². The lowest BCUT2D eigenvalue weighted by atomic mass is 11.0. The van der Waals surface area contributed by atoms with Crippen molar-refractivity contribution in [1.29, 1.82) is 0 Å². The van der Waals surface area contributed by atoms with Crippen molar-refractivity contribution in [1.82, 2.24) is 0 Å². The summed E-state index contributed by atoms with van der Waals surface area (Å²) in [5.74, 6) is 0. The van der Waals surface area contributed by atoms with Crippen molar-refractivity contribution in [3.63, 3.8) is 0 Å². The van der Waals surface area contributed by atoms with Crippen molar-refractivity contribution in [3.05, 3.63) is 11.7 Å². The molecule has 0 fully saturated rings. The van der Waals surface area contributed by atoms with Crippen LogP contribution in [0, 0.1) is 0 Å². The Balaban J connectivity index is 2.62. The molecule has 0 rings (SSSR count). The van der Waals surface area contributed by atoms with E-state index in [2.05, 4.69) is 0 Å². The van der Waals surface area contributed by atoms with E-state index in [1.54, 1.807) is 6.20 Å². The number of rotatable bonds is 1. The first-order chi connectivity index (χ1) is 2.41. The predicted molar refractivity (Wildman–Crippen MR) is 22.8 cm³/mol. The highest BCUT2D eigenvalue weighted by atomic mass is 35.5. The van der Waals surface area contributed by atoms with Gasteiger partial charge in [0, 0.05) is 0 Å². The number of quaternary nitrogens is 1.